The van der Waals surface area contributed by atoms with Crippen LogP contribution in [0.5, 0.6) is 11.5 Å². The van der Waals surface area contributed by atoms with E-state index in [-0.39, 0.29) is 28.2 Å². The van der Waals surface area contributed by atoms with Gasteiger partial charge in [0.2, 0.25) is 0 Å². The van der Waals surface area contributed by atoms with Gasteiger partial charge in [-0.15, -0.1) is 0 Å². The molecule has 1 fully saturated rings. The molecule has 5 rings (SSSR count). The number of anilines is 3. The van der Waals surface area contributed by atoms with Crippen LogP contribution in [-0.2, 0) is 0 Å². The Bertz CT molecular complexity index is 1480. The highest BCUT2D eigenvalue weighted by molar-refractivity contribution is 6.32. The molecule has 4 aromatic rings. The quantitative estimate of drug-likeness (QED) is 0.263. The predicted octanol–water partition coefficient (Wildman–Crippen LogP) is 5.66. The third kappa shape index (κ3) is 5.10. The molecule has 0 atom stereocenters. The summed E-state index contributed by atoms with van der Waals surface area (Å²) in [6, 6.07) is 13.2. The highest BCUT2D eigenvalue weighted by Gasteiger charge is 2.20. The number of phenolic OH excluding ortho intramolecular Hbond substituents is 1. The number of aromatic hydroxyl groups is 1. The minimum Gasteiger partial charge on any atom is -0.503 e. The lowest BCUT2D eigenvalue weighted by Gasteiger charge is -2.28. The molecule has 1 saturated heterocycles. The molecule has 38 heavy (non-hydrogen) atoms. The second kappa shape index (κ2) is 10.8. The van der Waals surface area contributed by atoms with Crippen LogP contribution in [0.15, 0.2) is 54.9 Å². The van der Waals surface area contributed by atoms with Gasteiger partial charge in [0.15, 0.2) is 17.3 Å². The van der Waals surface area contributed by atoms with Crippen LogP contribution in [0.3, 0.4) is 0 Å². The van der Waals surface area contributed by atoms with Gasteiger partial charge in [0.1, 0.15) is 5.82 Å². The summed E-state index contributed by atoms with van der Waals surface area (Å²) in [4.78, 5) is 24.7. The van der Waals surface area contributed by atoms with E-state index in [2.05, 4.69) is 25.5 Å². The number of Topliss-reactive ketones (excluding diaryl/α,β-unsaturated/α-hetero) is 1. The van der Waals surface area contributed by atoms with Gasteiger partial charge >= 0.3 is 0 Å². The zero-order valence-corrected chi connectivity index (χ0v) is 22.3. The summed E-state index contributed by atoms with van der Waals surface area (Å²) in [7, 11) is 1.48. The van der Waals surface area contributed by atoms with Crippen molar-refractivity contribution in [1.29, 1.82) is 0 Å². The fraction of sp³-hybridized carbons (Fsp3) is 0.276. The van der Waals surface area contributed by atoms with Crippen molar-refractivity contribution < 1.29 is 14.6 Å². The molecule has 196 valence electrons. The second-order valence-corrected chi connectivity index (χ2v) is 9.98. The molecule has 1 aliphatic heterocycles. The lowest BCUT2D eigenvalue weighted by molar-refractivity contribution is 0.0940. The molecule has 0 amide bonds. The van der Waals surface area contributed by atoms with E-state index in [4.69, 9.17) is 16.3 Å². The van der Waals surface area contributed by atoms with Gasteiger partial charge < -0.3 is 25.4 Å². The van der Waals surface area contributed by atoms with Gasteiger partial charge in [0, 0.05) is 43.7 Å². The van der Waals surface area contributed by atoms with Gasteiger partial charge in [-0.3, -0.25) is 9.78 Å². The van der Waals surface area contributed by atoms with Gasteiger partial charge in [-0.25, -0.2) is 4.98 Å². The maximum absolute atomic E-state index is 13.2. The molecule has 1 aliphatic rings. The smallest absolute Gasteiger partial charge is 0.176 e. The Hall–Kier alpha value is -3.88. The number of piperazine rings is 1. The number of carbonyl (C=O) groups is 1. The molecule has 0 radical (unpaired) electrons. The van der Waals surface area contributed by atoms with Crippen molar-refractivity contribution in [2.24, 2.45) is 5.92 Å². The summed E-state index contributed by atoms with van der Waals surface area (Å²) < 4.78 is 5.29. The van der Waals surface area contributed by atoms with E-state index in [1.807, 2.05) is 44.2 Å². The number of methoxy groups -OCH3 is 1. The molecule has 0 unspecified atom stereocenters. The van der Waals surface area contributed by atoms with Crippen molar-refractivity contribution in [2.75, 3.05) is 43.5 Å². The summed E-state index contributed by atoms with van der Waals surface area (Å²) in [5.41, 5.74) is 4.29. The molecule has 2 aromatic heterocycles. The van der Waals surface area contributed by atoms with E-state index in [9.17, 15) is 9.90 Å². The van der Waals surface area contributed by atoms with E-state index in [1.165, 1.54) is 7.11 Å². The monoisotopic (exact) mass is 531 g/mol. The molecule has 3 heterocycles. The number of fused-ring (bicyclic) bond motifs is 1. The number of phenols is 1. The van der Waals surface area contributed by atoms with Crippen molar-refractivity contribution in [2.45, 2.75) is 13.8 Å². The average Bonchev–Trinajstić information content (AvgIpc) is 2.94. The molecule has 0 spiro atoms. The van der Waals surface area contributed by atoms with Crippen LogP contribution < -0.4 is 20.3 Å². The van der Waals surface area contributed by atoms with Gasteiger partial charge in [-0.05, 0) is 47.5 Å². The zero-order chi connectivity index (χ0) is 26.8. The molecule has 0 saturated carbocycles. The number of hydrogen-bond donors (Lipinski definition) is 3. The van der Waals surface area contributed by atoms with E-state index in [0.717, 1.165) is 59.7 Å². The highest BCUT2D eigenvalue weighted by Crippen LogP contribution is 2.40. The minimum absolute atomic E-state index is 0.00736. The fourth-order valence-corrected chi connectivity index (χ4v) is 4.80. The first-order valence-electron chi connectivity index (χ1n) is 12.6. The first-order valence-corrected chi connectivity index (χ1v) is 13.0. The highest BCUT2D eigenvalue weighted by atomic mass is 35.5. The van der Waals surface area contributed by atoms with Crippen LogP contribution in [-0.4, -0.2) is 54.1 Å². The van der Waals surface area contributed by atoms with Gasteiger partial charge in [-0.2, -0.15) is 0 Å². The molecule has 9 heteroatoms. The van der Waals surface area contributed by atoms with Crippen LogP contribution in [0.1, 0.15) is 24.2 Å². The number of aromatic nitrogens is 2. The summed E-state index contributed by atoms with van der Waals surface area (Å²) in [6.45, 7) is 7.45. The van der Waals surface area contributed by atoms with Crippen molar-refractivity contribution >= 4 is 45.5 Å². The Labute approximate surface area is 226 Å². The Morgan fingerprint density at radius 3 is 2.55 bits per heavy atom. The van der Waals surface area contributed by atoms with Crippen LogP contribution in [0.2, 0.25) is 5.02 Å². The fourth-order valence-electron chi connectivity index (χ4n) is 4.59. The maximum atomic E-state index is 13.2. The van der Waals surface area contributed by atoms with Gasteiger partial charge in [0.25, 0.3) is 0 Å². The first kappa shape index (κ1) is 25.8. The van der Waals surface area contributed by atoms with Crippen LogP contribution in [0.4, 0.5) is 17.2 Å². The third-order valence-corrected chi connectivity index (χ3v) is 6.99. The Kier molecular flexibility index (Phi) is 7.35. The second-order valence-electron chi connectivity index (χ2n) is 9.57. The average molecular weight is 532 g/mol. The summed E-state index contributed by atoms with van der Waals surface area (Å²) in [5.74, 6) is 0.890. The molecule has 0 bridgehead atoms. The number of benzene rings is 2. The number of halogens is 1. The van der Waals surface area contributed by atoms with Crippen molar-refractivity contribution in [3.05, 3.63) is 65.4 Å². The number of nitrogens with one attached hydrogen (secondary N) is 2. The Balaban J connectivity index is 1.59. The summed E-state index contributed by atoms with van der Waals surface area (Å²) >= 11 is 6.26. The standard InChI is InChI=1S/C29H30ClN5O3/c1-17(2)28(36)22-16-32-24-6-4-18(19-13-23(30)29(37)25(14-19)38-3)12-21(24)27(22)34-20-5-7-26(33-15-20)35-10-8-31-9-11-35/h4-7,12-17,31,37H,8-11H2,1-3H3,(H,32,34). The number of pyridine rings is 2. The number of ketones is 1. The minimum atomic E-state index is -0.202. The number of nitrogens with zero attached hydrogens (tertiary/aromatic N) is 3. The molecule has 8 nitrogen and oxygen atoms in total. The SMILES string of the molecule is COc1cc(-c2ccc3ncc(C(=O)C(C)C)c(Nc4ccc(N5CCNCC5)nc4)c3c2)cc(Cl)c1O. The molecular weight excluding hydrogens is 502 g/mol. The lowest BCUT2D eigenvalue weighted by Crippen LogP contribution is -2.43. The van der Waals surface area contributed by atoms with Crippen LogP contribution >= 0.6 is 11.6 Å². The van der Waals surface area contributed by atoms with E-state index >= 15 is 0 Å². The van der Waals surface area contributed by atoms with Crippen LogP contribution in [0.25, 0.3) is 22.0 Å². The normalized spacial score (nSPS) is 13.7. The van der Waals surface area contributed by atoms with Crippen molar-refractivity contribution in [3.8, 4) is 22.6 Å². The van der Waals surface area contributed by atoms with E-state index in [1.54, 1.807) is 24.5 Å². The zero-order valence-electron chi connectivity index (χ0n) is 21.6. The van der Waals surface area contributed by atoms with Crippen molar-refractivity contribution in [3.63, 3.8) is 0 Å². The van der Waals surface area contributed by atoms with E-state index < -0.39 is 0 Å². The summed E-state index contributed by atoms with van der Waals surface area (Å²) in [6.07, 6.45) is 3.43. The third-order valence-electron chi connectivity index (χ3n) is 6.70. The molecule has 3 N–H and O–H groups in total. The lowest BCUT2D eigenvalue weighted by atomic mass is 9.96. The largest absolute Gasteiger partial charge is 0.503 e. The Morgan fingerprint density at radius 1 is 1.08 bits per heavy atom. The molecular formula is C29H30ClN5O3. The van der Waals surface area contributed by atoms with Gasteiger partial charge in [-0.1, -0.05) is 31.5 Å². The molecule has 2 aromatic carbocycles. The van der Waals surface area contributed by atoms with Crippen LogP contribution in [0, 0.1) is 5.92 Å². The number of rotatable bonds is 7. The van der Waals surface area contributed by atoms with Gasteiger partial charge in [0.05, 0.1) is 40.8 Å². The predicted molar refractivity (Wildman–Crippen MR) is 152 cm³/mol. The topological polar surface area (TPSA) is 99.6 Å². The number of hydrogen-bond acceptors (Lipinski definition) is 8. The van der Waals surface area contributed by atoms with Crippen molar-refractivity contribution in [1.82, 2.24) is 15.3 Å². The Morgan fingerprint density at radius 2 is 1.87 bits per heavy atom. The molecule has 0 aliphatic carbocycles. The maximum Gasteiger partial charge on any atom is 0.176 e. The first-order chi connectivity index (χ1) is 18.4. The summed E-state index contributed by atoms with van der Waals surface area (Å²) in [5, 5.41) is 18.0. The van der Waals surface area contributed by atoms with E-state index in [0.29, 0.717) is 11.3 Å². The number of carbonyl (C=O) groups excluding carboxylic acids is 1. The number of ether oxygens (including phenoxy) is 1.